The fourth-order valence-electron chi connectivity index (χ4n) is 4.83. The maximum absolute atomic E-state index is 10.2. The molecule has 3 aromatic rings. The van der Waals surface area contributed by atoms with Gasteiger partial charge in [-0.2, -0.15) is 0 Å². The summed E-state index contributed by atoms with van der Waals surface area (Å²) in [6, 6.07) is 17.5. The van der Waals surface area contributed by atoms with E-state index >= 15 is 0 Å². The number of ether oxygens (including phenoxy) is 1. The molecule has 0 fully saturated rings. The van der Waals surface area contributed by atoms with Crippen molar-refractivity contribution in [3.05, 3.63) is 83.2 Å². The Morgan fingerprint density at radius 2 is 1.74 bits per heavy atom. The van der Waals surface area contributed by atoms with Gasteiger partial charge in [-0.25, -0.2) is 0 Å². The number of hydrogen-bond acceptors (Lipinski definition) is 6. The van der Waals surface area contributed by atoms with Crippen molar-refractivity contribution in [1.82, 2.24) is 14.8 Å². The van der Waals surface area contributed by atoms with E-state index in [9.17, 15) is 10.2 Å². The lowest BCUT2D eigenvalue weighted by Crippen LogP contribution is -2.31. The van der Waals surface area contributed by atoms with Gasteiger partial charge in [0.05, 0.1) is 12.8 Å². The van der Waals surface area contributed by atoms with Gasteiger partial charge < -0.3 is 14.9 Å². The number of benzene rings is 2. The number of unbranched alkanes of at least 4 members (excludes halogenated alkanes) is 3. The van der Waals surface area contributed by atoms with Crippen LogP contribution < -0.4 is 4.74 Å². The van der Waals surface area contributed by atoms with Gasteiger partial charge >= 0.3 is 0 Å². The van der Waals surface area contributed by atoms with Crippen LogP contribution >= 0.6 is 0 Å². The van der Waals surface area contributed by atoms with Gasteiger partial charge in [0.15, 0.2) is 11.5 Å². The number of methoxy groups -OCH3 is 1. The molecule has 6 nitrogen and oxygen atoms in total. The van der Waals surface area contributed by atoms with Gasteiger partial charge in [0.1, 0.15) is 5.75 Å². The number of aromatic hydroxyl groups is 2. The van der Waals surface area contributed by atoms with Crippen LogP contribution in [0.1, 0.15) is 48.1 Å². The molecule has 1 aliphatic heterocycles. The smallest absolute Gasteiger partial charge is 0.160 e. The molecule has 1 aliphatic rings. The van der Waals surface area contributed by atoms with Crippen LogP contribution in [0.3, 0.4) is 0 Å². The van der Waals surface area contributed by atoms with Gasteiger partial charge in [0.2, 0.25) is 0 Å². The van der Waals surface area contributed by atoms with Crippen LogP contribution in [-0.4, -0.2) is 51.7 Å². The van der Waals surface area contributed by atoms with Gasteiger partial charge in [-0.3, -0.25) is 14.8 Å². The van der Waals surface area contributed by atoms with E-state index in [0.29, 0.717) is 11.5 Å². The van der Waals surface area contributed by atoms with E-state index in [1.807, 2.05) is 48.7 Å². The molecule has 0 bridgehead atoms. The number of phenols is 2. The van der Waals surface area contributed by atoms with Gasteiger partial charge in [0.25, 0.3) is 0 Å². The first-order chi connectivity index (χ1) is 17.1. The Bertz CT molecular complexity index is 1070. The lowest BCUT2D eigenvalue weighted by atomic mass is 9.98. The van der Waals surface area contributed by atoms with E-state index in [2.05, 4.69) is 20.9 Å². The number of para-hydroxylation sites is 1. The molecule has 0 amide bonds. The number of hydrogen-bond donors (Lipinski definition) is 2. The second kappa shape index (κ2) is 12.6. The molecule has 4 rings (SSSR count). The highest BCUT2D eigenvalue weighted by Crippen LogP contribution is 2.32. The van der Waals surface area contributed by atoms with Crippen LogP contribution in [0.25, 0.3) is 0 Å². The van der Waals surface area contributed by atoms with E-state index in [-0.39, 0.29) is 5.75 Å². The van der Waals surface area contributed by atoms with Gasteiger partial charge in [0, 0.05) is 37.9 Å². The first-order valence-corrected chi connectivity index (χ1v) is 12.6. The maximum atomic E-state index is 10.2. The van der Waals surface area contributed by atoms with Crippen LogP contribution in [-0.2, 0) is 26.1 Å². The molecular weight excluding hydrogens is 438 g/mol. The van der Waals surface area contributed by atoms with Crippen molar-refractivity contribution in [2.75, 3.05) is 26.7 Å². The number of fused-ring (bicyclic) bond motifs is 1. The number of aromatic nitrogens is 1. The second-order valence-corrected chi connectivity index (χ2v) is 9.39. The minimum absolute atomic E-state index is 0.235. The maximum Gasteiger partial charge on any atom is 0.160 e. The number of nitrogens with zero attached hydrogens (tertiary/aromatic N) is 3. The van der Waals surface area contributed by atoms with Crippen molar-refractivity contribution in [2.24, 2.45) is 0 Å². The summed E-state index contributed by atoms with van der Waals surface area (Å²) >= 11 is 0. The molecule has 0 radical (unpaired) electrons. The Morgan fingerprint density at radius 3 is 2.54 bits per heavy atom. The highest BCUT2D eigenvalue weighted by atomic mass is 16.5. The summed E-state index contributed by atoms with van der Waals surface area (Å²) in [4.78, 5) is 9.37. The van der Waals surface area contributed by atoms with Gasteiger partial charge in [-0.05, 0) is 73.8 Å². The second-order valence-electron chi connectivity index (χ2n) is 9.39. The molecule has 2 aromatic carbocycles. The summed E-state index contributed by atoms with van der Waals surface area (Å²) in [7, 11) is 1.60. The summed E-state index contributed by atoms with van der Waals surface area (Å²) in [6.07, 6.45) is 7.51. The van der Waals surface area contributed by atoms with Crippen molar-refractivity contribution in [1.29, 1.82) is 0 Å². The molecule has 0 aliphatic carbocycles. The van der Waals surface area contributed by atoms with E-state index in [4.69, 9.17) is 4.74 Å². The molecule has 0 unspecified atom stereocenters. The fourth-order valence-corrected chi connectivity index (χ4v) is 4.83. The van der Waals surface area contributed by atoms with Crippen molar-refractivity contribution in [2.45, 2.75) is 51.7 Å². The van der Waals surface area contributed by atoms with Gasteiger partial charge in [-0.1, -0.05) is 37.1 Å². The summed E-state index contributed by atoms with van der Waals surface area (Å²) in [5, 5.41) is 20.2. The lowest BCUT2D eigenvalue weighted by Gasteiger charge is -2.29. The SMILES string of the molecule is COc1cc2c(cc1O)CCN(CCCCCCN(Cc1ccccn1)Cc1ccccc1O)C2. The van der Waals surface area contributed by atoms with E-state index < -0.39 is 0 Å². The zero-order valence-corrected chi connectivity index (χ0v) is 20.7. The molecule has 2 N–H and O–H groups in total. The molecule has 1 aromatic heterocycles. The summed E-state index contributed by atoms with van der Waals surface area (Å²) in [5.41, 5.74) is 4.51. The van der Waals surface area contributed by atoms with Crippen LogP contribution in [0.2, 0.25) is 0 Å². The fraction of sp³-hybridized carbons (Fsp3) is 0.414. The van der Waals surface area contributed by atoms with Crippen molar-refractivity contribution in [3.8, 4) is 17.2 Å². The Morgan fingerprint density at radius 1 is 0.914 bits per heavy atom. The first kappa shape index (κ1) is 25.0. The third kappa shape index (κ3) is 7.20. The summed E-state index contributed by atoms with van der Waals surface area (Å²) in [6.45, 7) is 5.53. The van der Waals surface area contributed by atoms with E-state index in [1.165, 1.54) is 30.4 Å². The zero-order chi connectivity index (χ0) is 24.5. The monoisotopic (exact) mass is 475 g/mol. The minimum atomic E-state index is 0.235. The lowest BCUT2D eigenvalue weighted by molar-refractivity contribution is 0.235. The van der Waals surface area contributed by atoms with Crippen molar-refractivity contribution >= 4 is 0 Å². The molecule has 0 spiro atoms. The van der Waals surface area contributed by atoms with Gasteiger partial charge in [-0.15, -0.1) is 0 Å². The van der Waals surface area contributed by atoms with Crippen molar-refractivity contribution < 1.29 is 14.9 Å². The van der Waals surface area contributed by atoms with Crippen LogP contribution in [0.4, 0.5) is 0 Å². The Kier molecular flexibility index (Phi) is 8.98. The van der Waals surface area contributed by atoms with Crippen LogP contribution in [0.5, 0.6) is 17.2 Å². The largest absolute Gasteiger partial charge is 0.508 e. The molecule has 0 saturated heterocycles. The molecule has 2 heterocycles. The standard InChI is InChI=1S/C29H37N3O3/c1-35-29-19-25-21-31(17-13-23(25)18-28(29)34)15-8-2-3-9-16-32(22-26-11-6-7-14-30-26)20-24-10-4-5-12-27(24)33/h4-7,10-12,14,18-19,33-34H,2-3,8-9,13,15-17,20-22H2,1H3. The molecule has 0 saturated carbocycles. The predicted octanol–water partition coefficient (Wildman–Crippen LogP) is 5.12. The average Bonchev–Trinajstić information content (AvgIpc) is 2.87. The number of pyridine rings is 1. The number of phenolic OH excluding ortho intramolecular Hbond substituents is 2. The highest BCUT2D eigenvalue weighted by molar-refractivity contribution is 5.47. The normalized spacial score (nSPS) is 13.7. The van der Waals surface area contributed by atoms with Crippen LogP contribution in [0.15, 0.2) is 60.8 Å². The third-order valence-corrected chi connectivity index (χ3v) is 6.79. The van der Waals surface area contributed by atoms with Crippen molar-refractivity contribution in [3.63, 3.8) is 0 Å². The molecule has 186 valence electrons. The Labute approximate surface area is 208 Å². The Hall–Kier alpha value is -3.09. The highest BCUT2D eigenvalue weighted by Gasteiger charge is 2.18. The van der Waals surface area contributed by atoms with E-state index in [0.717, 1.165) is 63.4 Å². The molecule has 6 heteroatoms. The summed E-state index contributed by atoms with van der Waals surface area (Å²) in [5.74, 6) is 1.15. The molecular formula is C29H37N3O3. The zero-order valence-electron chi connectivity index (χ0n) is 20.7. The minimum Gasteiger partial charge on any atom is -0.508 e. The van der Waals surface area contributed by atoms with E-state index in [1.54, 1.807) is 13.2 Å². The predicted molar refractivity (Wildman–Crippen MR) is 139 cm³/mol. The first-order valence-electron chi connectivity index (χ1n) is 12.6. The third-order valence-electron chi connectivity index (χ3n) is 6.79. The average molecular weight is 476 g/mol. The quantitative estimate of drug-likeness (QED) is 0.354. The number of rotatable bonds is 12. The molecule has 0 atom stereocenters. The van der Waals surface area contributed by atoms with Crippen LogP contribution in [0, 0.1) is 0 Å². The Balaban J connectivity index is 1.21. The molecule has 35 heavy (non-hydrogen) atoms. The topological polar surface area (TPSA) is 69.1 Å². The summed E-state index contributed by atoms with van der Waals surface area (Å²) < 4.78 is 5.28.